The van der Waals surface area contributed by atoms with Gasteiger partial charge < -0.3 is 10.1 Å². The lowest BCUT2D eigenvalue weighted by molar-refractivity contribution is 0.129. The van der Waals surface area contributed by atoms with E-state index in [1.54, 1.807) is 7.11 Å². The number of hydrogen-bond donors (Lipinski definition) is 1. The molecule has 0 spiro atoms. The van der Waals surface area contributed by atoms with E-state index in [1.807, 2.05) is 0 Å². The van der Waals surface area contributed by atoms with Gasteiger partial charge in [0.15, 0.2) is 0 Å². The van der Waals surface area contributed by atoms with Crippen LogP contribution >= 0.6 is 0 Å². The average Bonchev–Trinajstić information content (AvgIpc) is 2.25. The van der Waals surface area contributed by atoms with Crippen LogP contribution in [0.5, 0.6) is 0 Å². The van der Waals surface area contributed by atoms with Crippen LogP contribution in [0.25, 0.3) is 0 Å². The normalized spacial score (nSPS) is 13.6. The molecule has 2 nitrogen and oxygen atoms in total. The zero-order chi connectivity index (χ0) is 12.2. The highest BCUT2D eigenvalue weighted by molar-refractivity contribution is 5.45. The van der Waals surface area contributed by atoms with E-state index in [9.17, 15) is 0 Å². The predicted octanol–water partition coefficient (Wildman–Crippen LogP) is 3.43. The molecule has 0 aliphatic rings. The van der Waals surface area contributed by atoms with E-state index in [2.05, 4.69) is 57.3 Å². The van der Waals surface area contributed by atoms with Crippen LogP contribution in [0.2, 0.25) is 0 Å². The number of nitrogens with one attached hydrogen (secondary N) is 1. The van der Waals surface area contributed by atoms with Crippen LogP contribution in [0, 0.1) is 0 Å². The molecule has 0 aliphatic carbocycles. The molecule has 1 aromatic carbocycles. The number of hydrogen-bond acceptors (Lipinski definition) is 2. The van der Waals surface area contributed by atoms with Crippen molar-refractivity contribution in [2.75, 3.05) is 19.0 Å². The molecule has 0 bridgehead atoms. The summed E-state index contributed by atoms with van der Waals surface area (Å²) < 4.78 is 5.19. The lowest BCUT2D eigenvalue weighted by Gasteiger charge is -2.19. The van der Waals surface area contributed by atoms with Crippen molar-refractivity contribution < 1.29 is 4.74 Å². The Balaban J connectivity index is 2.58. The Kier molecular flexibility index (Phi) is 4.36. The quantitative estimate of drug-likeness (QED) is 0.841. The summed E-state index contributed by atoms with van der Waals surface area (Å²) in [6.45, 7) is 9.56. The Hall–Kier alpha value is -1.02. The maximum Gasteiger partial charge on any atom is 0.0715 e. The number of benzene rings is 1. The molecule has 0 radical (unpaired) electrons. The van der Waals surface area contributed by atoms with Crippen molar-refractivity contribution >= 4 is 5.69 Å². The molecule has 0 aromatic heterocycles. The lowest BCUT2D eigenvalue weighted by Crippen LogP contribution is -2.18. The summed E-state index contributed by atoms with van der Waals surface area (Å²) >= 11 is 0. The van der Waals surface area contributed by atoms with Crippen LogP contribution in [0.4, 0.5) is 5.69 Å². The molecule has 0 heterocycles. The molecule has 0 fully saturated rings. The Morgan fingerprint density at radius 1 is 1.19 bits per heavy atom. The van der Waals surface area contributed by atoms with Gasteiger partial charge in [0.05, 0.1) is 6.10 Å². The largest absolute Gasteiger partial charge is 0.382 e. The third-order valence-corrected chi connectivity index (χ3v) is 2.75. The Labute approximate surface area is 99.0 Å². The molecule has 0 amide bonds. The Morgan fingerprint density at radius 2 is 1.75 bits per heavy atom. The van der Waals surface area contributed by atoms with Gasteiger partial charge >= 0.3 is 0 Å². The Bertz CT molecular complexity index is 311. The molecule has 90 valence electrons. The third kappa shape index (κ3) is 3.86. The minimum absolute atomic E-state index is 0.221. The molecular formula is C14H23NO. The van der Waals surface area contributed by atoms with E-state index in [-0.39, 0.29) is 11.5 Å². The van der Waals surface area contributed by atoms with E-state index >= 15 is 0 Å². The smallest absolute Gasteiger partial charge is 0.0715 e. The van der Waals surface area contributed by atoms with Crippen molar-refractivity contribution in [1.82, 2.24) is 0 Å². The monoisotopic (exact) mass is 221 g/mol. The van der Waals surface area contributed by atoms with Gasteiger partial charge in [0, 0.05) is 19.3 Å². The summed E-state index contributed by atoms with van der Waals surface area (Å²) in [5.41, 5.74) is 2.73. The van der Waals surface area contributed by atoms with Gasteiger partial charge in [-0.05, 0) is 30.0 Å². The first-order valence-electron chi connectivity index (χ1n) is 5.80. The third-order valence-electron chi connectivity index (χ3n) is 2.75. The molecule has 1 rings (SSSR count). The van der Waals surface area contributed by atoms with Gasteiger partial charge in [-0.25, -0.2) is 0 Å². The van der Waals surface area contributed by atoms with Gasteiger partial charge in [-0.2, -0.15) is 0 Å². The van der Waals surface area contributed by atoms with E-state index in [4.69, 9.17) is 4.74 Å². The second kappa shape index (κ2) is 5.35. The predicted molar refractivity (Wildman–Crippen MR) is 70.1 cm³/mol. The van der Waals surface area contributed by atoms with Gasteiger partial charge in [-0.1, -0.05) is 32.9 Å². The van der Waals surface area contributed by atoms with Gasteiger partial charge in [-0.15, -0.1) is 0 Å². The molecular weight excluding hydrogens is 198 g/mol. The zero-order valence-corrected chi connectivity index (χ0v) is 11.0. The summed E-state index contributed by atoms with van der Waals surface area (Å²) in [6, 6.07) is 8.62. The fourth-order valence-electron chi connectivity index (χ4n) is 1.43. The van der Waals surface area contributed by atoms with Crippen LogP contribution < -0.4 is 5.32 Å². The lowest BCUT2D eigenvalue weighted by atomic mass is 9.87. The molecule has 1 N–H and O–H groups in total. The average molecular weight is 221 g/mol. The van der Waals surface area contributed by atoms with Crippen LogP contribution in [-0.2, 0) is 10.2 Å². The molecule has 1 aromatic rings. The molecule has 1 unspecified atom stereocenters. The first kappa shape index (κ1) is 13.0. The van der Waals surface area contributed by atoms with Gasteiger partial charge in [0.1, 0.15) is 0 Å². The van der Waals surface area contributed by atoms with E-state index in [0.29, 0.717) is 0 Å². The first-order chi connectivity index (χ1) is 7.43. The number of anilines is 1. The highest BCUT2D eigenvalue weighted by atomic mass is 16.5. The second-order valence-electron chi connectivity index (χ2n) is 5.25. The molecule has 0 saturated heterocycles. The van der Waals surface area contributed by atoms with Gasteiger partial charge in [0.2, 0.25) is 0 Å². The van der Waals surface area contributed by atoms with E-state index < -0.39 is 0 Å². The van der Waals surface area contributed by atoms with Crippen molar-refractivity contribution in [2.24, 2.45) is 0 Å². The van der Waals surface area contributed by atoms with Gasteiger partial charge in [-0.3, -0.25) is 0 Å². The number of methoxy groups -OCH3 is 1. The summed E-state index contributed by atoms with van der Waals surface area (Å²) in [5, 5.41) is 3.35. The maximum atomic E-state index is 5.19. The van der Waals surface area contributed by atoms with Crippen LogP contribution in [0.3, 0.4) is 0 Å². The van der Waals surface area contributed by atoms with Crippen molar-refractivity contribution in [3.63, 3.8) is 0 Å². The number of rotatable bonds is 4. The molecule has 2 heteroatoms. The fourth-order valence-corrected chi connectivity index (χ4v) is 1.43. The van der Waals surface area contributed by atoms with Crippen LogP contribution in [-0.4, -0.2) is 19.8 Å². The number of ether oxygens (including phenoxy) is 1. The molecule has 16 heavy (non-hydrogen) atoms. The second-order valence-corrected chi connectivity index (χ2v) is 5.25. The standard InChI is InChI=1S/C14H23NO/c1-11(16-5)10-15-13-8-6-12(7-9-13)14(2,3)4/h6-9,11,15H,10H2,1-5H3. The summed E-state index contributed by atoms with van der Waals surface area (Å²) in [4.78, 5) is 0. The summed E-state index contributed by atoms with van der Waals surface area (Å²) in [7, 11) is 1.73. The highest BCUT2D eigenvalue weighted by Gasteiger charge is 2.12. The topological polar surface area (TPSA) is 21.3 Å². The highest BCUT2D eigenvalue weighted by Crippen LogP contribution is 2.23. The minimum atomic E-state index is 0.221. The molecule has 0 saturated carbocycles. The van der Waals surface area contributed by atoms with Crippen molar-refractivity contribution in [3.8, 4) is 0 Å². The van der Waals surface area contributed by atoms with E-state index in [1.165, 1.54) is 5.56 Å². The van der Waals surface area contributed by atoms with Crippen LogP contribution in [0.1, 0.15) is 33.3 Å². The zero-order valence-electron chi connectivity index (χ0n) is 11.0. The van der Waals surface area contributed by atoms with Crippen molar-refractivity contribution in [1.29, 1.82) is 0 Å². The summed E-state index contributed by atoms with van der Waals surface area (Å²) in [6.07, 6.45) is 0.238. The van der Waals surface area contributed by atoms with Gasteiger partial charge in [0.25, 0.3) is 0 Å². The fraction of sp³-hybridized carbons (Fsp3) is 0.571. The maximum absolute atomic E-state index is 5.19. The first-order valence-corrected chi connectivity index (χ1v) is 5.80. The SMILES string of the molecule is COC(C)CNc1ccc(C(C)(C)C)cc1. The van der Waals surface area contributed by atoms with Crippen LogP contribution in [0.15, 0.2) is 24.3 Å². The molecule has 0 aliphatic heterocycles. The van der Waals surface area contributed by atoms with E-state index in [0.717, 1.165) is 12.2 Å². The Morgan fingerprint density at radius 3 is 2.19 bits per heavy atom. The van der Waals surface area contributed by atoms with Crippen molar-refractivity contribution in [3.05, 3.63) is 29.8 Å². The molecule has 1 atom stereocenters. The minimum Gasteiger partial charge on any atom is -0.382 e. The summed E-state index contributed by atoms with van der Waals surface area (Å²) in [5.74, 6) is 0. The van der Waals surface area contributed by atoms with Crippen molar-refractivity contribution in [2.45, 2.75) is 39.2 Å².